The Morgan fingerprint density at radius 1 is 0.903 bits per heavy atom. The van der Waals surface area contributed by atoms with Crippen LogP contribution in [-0.4, -0.2) is 81.5 Å². The van der Waals surface area contributed by atoms with E-state index in [1.807, 2.05) is 18.2 Å². The molecule has 0 aromatic heterocycles. The third-order valence-electron chi connectivity index (χ3n) is 5.48. The molecule has 10 heteroatoms. The van der Waals surface area contributed by atoms with Gasteiger partial charge >= 0.3 is 11.9 Å². The highest BCUT2D eigenvalue weighted by molar-refractivity contribution is 7.65. The fraction of sp³-hybridized carbons (Fsp3) is 0.619. The van der Waals surface area contributed by atoms with Gasteiger partial charge < -0.3 is 26.8 Å². The van der Waals surface area contributed by atoms with Gasteiger partial charge in [-0.1, -0.05) is 31.0 Å². The van der Waals surface area contributed by atoms with Crippen molar-refractivity contribution in [2.75, 3.05) is 32.3 Å². The van der Waals surface area contributed by atoms with Gasteiger partial charge in [0.05, 0.1) is 6.67 Å². The minimum absolute atomic E-state index is 0.329. The largest absolute Gasteiger partial charge is 0.507 e. The lowest BCUT2D eigenvalue weighted by molar-refractivity contribution is -0.139. The second-order valence-corrected chi connectivity index (χ2v) is 10.2. The molecule has 0 bridgehead atoms. The van der Waals surface area contributed by atoms with Crippen molar-refractivity contribution < 1.29 is 24.9 Å². The van der Waals surface area contributed by atoms with Crippen molar-refractivity contribution in [3.63, 3.8) is 0 Å². The molecule has 1 heterocycles. The van der Waals surface area contributed by atoms with Gasteiger partial charge in [-0.05, 0) is 52.8 Å². The topological polar surface area (TPSA) is 153 Å². The zero-order valence-corrected chi connectivity index (χ0v) is 18.8. The summed E-state index contributed by atoms with van der Waals surface area (Å²) in [6.07, 6.45) is 5.95. The van der Waals surface area contributed by atoms with E-state index in [2.05, 4.69) is 9.80 Å². The van der Waals surface area contributed by atoms with Crippen molar-refractivity contribution in [2.45, 2.75) is 50.6 Å². The molecule has 1 aromatic carbocycles. The Bertz CT molecular complexity index is 687. The monoisotopic (exact) mass is 454 g/mol. The van der Waals surface area contributed by atoms with Gasteiger partial charge in [0.25, 0.3) is 0 Å². The first kappa shape index (κ1) is 25.5. The van der Waals surface area contributed by atoms with Crippen molar-refractivity contribution in [1.82, 2.24) is 9.80 Å². The Hall–Kier alpha value is -1.77. The van der Waals surface area contributed by atoms with Gasteiger partial charge in [0.15, 0.2) is 0 Å². The summed E-state index contributed by atoms with van der Waals surface area (Å²) in [7, 11) is -0.589. The number of nitrogens with two attached hydrogens (primary N) is 2. The molecule has 0 amide bonds. The van der Waals surface area contributed by atoms with Gasteiger partial charge in [0.2, 0.25) is 0 Å². The van der Waals surface area contributed by atoms with E-state index < -0.39 is 31.9 Å². The minimum Gasteiger partial charge on any atom is -0.507 e. The Kier molecular flexibility index (Phi) is 10.6. The van der Waals surface area contributed by atoms with Crippen LogP contribution in [0, 0.1) is 0 Å². The molecule has 1 aliphatic heterocycles. The lowest BCUT2D eigenvalue weighted by atomic mass is 10.1. The van der Waals surface area contributed by atoms with Crippen LogP contribution < -0.4 is 16.8 Å². The quantitative estimate of drug-likeness (QED) is 0.218. The lowest BCUT2D eigenvalue weighted by Crippen LogP contribution is -2.45. The molecule has 0 spiro atoms. The summed E-state index contributed by atoms with van der Waals surface area (Å²) in [4.78, 5) is 26.5. The number of benzene rings is 1. The fourth-order valence-corrected chi connectivity index (χ4v) is 6.23. The number of carboxylic acid groups (broad SMARTS) is 2. The summed E-state index contributed by atoms with van der Waals surface area (Å²) in [6, 6.07) is 5.86. The predicted molar refractivity (Wildman–Crippen MR) is 122 cm³/mol. The molecule has 2 unspecified atom stereocenters. The number of unbranched alkanes of at least 4 members (excludes halogenated alkanes) is 2. The van der Waals surface area contributed by atoms with E-state index in [1.165, 1.54) is 0 Å². The van der Waals surface area contributed by atoms with E-state index in [0.717, 1.165) is 63.3 Å². The Labute approximate surface area is 184 Å². The van der Waals surface area contributed by atoms with E-state index in [-0.39, 0.29) is 0 Å². The van der Waals surface area contributed by atoms with Crippen molar-refractivity contribution >= 4 is 25.2 Å². The number of hydrogen-bond donors (Lipinski definition) is 5. The summed E-state index contributed by atoms with van der Waals surface area (Å²) in [5, 5.41) is 29.2. The van der Waals surface area contributed by atoms with Gasteiger partial charge in [0.1, 0.15) is 17.8 Å². The third-order valence-corrected chi connectivity index (χ3v) is 8.02. The predicted octanol–water partition coefficient (Wildman–Crippen LogP) is 1.15. The zero-order valence-electron chi connectivity index (χ0n) is 17.9. The van der Waals surface area contributed by atoms with E-state index in [0.29, 0.717) is 18.6 Å². The summed E-state index contributed by atoms with van der Waals surface area (Å²) < 4.78 is 0. The highest BCUT2D eigenvalue weighted by Gasteiger charge is 2.27. The number of phenols is 1. The lowest BCUT2D eigenvalue weighted by Gasteiger charge is -2.41. The van der Waals surface area contributed by atoms with Crippen LogP contribution in [-0.2, 0) is 9.59 Å². The number of hydrogen-bond acceptors (Lipinski definition) is 7. The smallest absolute Gasteiger partial charge is 0.320 e. The number of rotatable bonds is 13. The van der Waals surface area contributed by atoms with E-state index in [1.54, 1.807) is 6.07 Å². The Morgan fingerprint density at radius 2 is 1.39 bits per heavy atom. The van der Waals surface area contributed by atoms with Crippen LogP contribution >= 0.6 is 7.92 Å². The second-order valence-electron chi connectivity index (χ2n) is 8.12. The van der Waals surface area contributed by atoms with Gasteiger partial charge in [0, 0.05) is 17.9 Å². The molecule has 0 aliphatic carbocycles. The molecule has 0 saturated carbocycles. The SMILES string of the molecule is NC(CCCCN1CN(CCCCC(N)C(=O)O)CP(c2ccccc2O)C1)C(=O)O. The van der Waals surface area contributed by atoms with Crippen molar-refractivity contribution in [1.29, 1.82) is 0 Å². The number of carboxylic acids is 2. The maximum absolute atomic E-state index is 10.9. The maximum atomic E-state index is 10.9. The molecular formula is C21H35N4O5P. The molecule has 1 aliphatic rings. The first-order valence-corrected chi connectivity index (χ1v) is 12.4. The third kappa shape index (κ3) is 8.71. The summed E-state index contributed by atoms with van der Waals surface area (Å²) in [5.74, 6) is -1.60. The van der Waals surface area contributed by atoms with E-state index in [4.69, 9.17) is 21.7 Å². The molecule has 31 heavy (non-hydrogen) atoms. The van der Waals surface area contributed by atoms with Gasteiger partial charge in [-0.3, -0.25) is 19.4 Å². The number of aromatic hydroxyl groups is 1. The van der Waals surface area contributed by atoms with Crippen molar-refractivity contribution in [3.8, 4) is 5.75 Å². The van der Waals surface area contributed by atoms with Crippen LogP contribution in [0.25, 0.3) is 0 Å². The van der Waals surface area contributed by atoms with Gasteiger partial charge in [-0.15, -0.1) is 0 Å². The van der Waals surface area contributed by atoms with Crippen LogP contribution in [0.4, 0.5) is 0 Å². The zero-order chi connectivity index (χ0) is 22.8. The van der Waals surface area contributed by atoms with Crippen molar-refractivity contribution in [2.24, 2.45) is 11.5 Å². The Morgan fingerprint density at radius 3 is 1.84 bits per heavy atom. The number of nitrogens with zero attached hydrogens (tertiary/aromatic N) is 2. The van der Waals surface area contributed by atoms with E-state index in [9.17, 15) is 14.7 Å². The minimum atomic E-state index is -0.963. The molecule has 9 nitrogen and oxygen atoms in total. The average Bonchev–Trinajstić information content (AvgIpc) is 2.74. The normalized spacial score (nSPS) is 19.7. The first-order chi connectivity index (χ1) is 14.8. The maximum Gasteiger partial charge on any atom is 0.320 e. The molecule has 1 fully saturated rings. The van der Waals surface area contributed by atoms with Crippen LogP contribution in [0.2, 0.25) is 0 Å². The standard InChI is InChI=1S/C21H35N4O5P/c22-16(20(27)28)7-3-5-11-24-13-25(12-6-4-8-17(23)21(29)30)15-31(14-24)19-10-2-1-9-18(19)26/h1-2,9-10,16-17,26H,3-8,11-15,22-23H2,(H,27,28)(H,29,30). The summed E-state index contributed by atoms with van der Waals surface area (Å²) in [6.45, 7) is 2.50. The van der Waals surface area contributed by atoms with Crippen LogP contribution in [0.1, 0.15) is 38.5 Å². The Balaban J connectivity index is 1.90. The van der Waals surface area contributed by atoms with Gasteiger partial charge in [-0.2, -0.15) is 0 Å². The number of aliphatic carboxylic acids is 2. The fourth-order valence-electron chi connectivity index (χ4n) is 3.71. The number of carbonyl (C=O) groups is 2. The number of para-hydroxylation sites is 1. The summed E-state index contributed by atoms with van der Waals surface area (Å²) in [5.41, 5.74) is 11.2. The highest BCUT2D eigenvalue weighted by Crippen LogP contribution is 2.42. The average molecular weight is 455 g/mol. The molecular weight excluding hydrogens is 419 g/mol. The molecule has 7 N–H and O–H groups in total. The first-order valence-electron chi connectivity index (χ1n) is 10.7. The second kappa shape index (κ2) is 12.9. The summed E-state index contributed by atoms with van der Waals surface area (Å²) >= 11 is 0. The molecule has 0 radical (unpaired) electrons. The highest BCUT2D eigenvalue weighted by atomic mass is 31.1. The molecule has 1 saturated heterocycles. The molecule has 2 atom stereocenters. The van der Waals surface area contributed by atoms with Gasteiger partial charge in [-0.25, -0.2) is 0 Å². The molecule has 2 rings (SSSR count). The van der Waals surface area contributed by atoms with E-state index >= 15 is 0 Å². The number of phenolic OH excluding ortho intramolecular Hbond substituents is 1. The molecule has 174 valence electrons. The van der Waals surface area contributed by atoms with Crippen LogP contribution in [0.5, 0.6) is 5.75 Å². The molecule has 1 aromatic rings. The van der Waals surface area contributed by atoms with Crippen molar-refractivity contribution in [3.05, 3.63) is 24.3 Å². The van der Waals surface area contributed by atoms with Crippen LogP contribution in [0.3, 0.4) is 0 Å². The van der Waals surface area contributed by atoms with Crippen LogP contribution in [0.15, 0.2) is 24.3 Å².